The lowest BCUT2D eigenvalue weighted by Gasteiger charge is -2.33. The topological polar surface area (TPSA) is 65.1 Å². The molecule has 0 atom stereocenters. The molecule has 0 radical (unpaired) electrons. The molecule has 1 aliphatic rings. The second-order valence-electron chi connectivity index (χ2n) is 6.76. The number of amides is 1. The van der Waals surface area contributed by atoms with Crippen LogP contribution in [0.25, 0.3) is 21.1 Å². The lowest BCUT2D eigenvalue weighted by Crippen LogP contribution is -2.48. The second kappa shape index (κ2) is 6.75. The van der Waals surface area contributed by atoms with Gasteiger partial charge in [0.05, 0.1) is 22.3 Å². The van der Waals surface area contributed by atoms with E-state index in [4.69, 9.17) is 4.98 Å². The quantitative estimate of drug-likeness (QED) is 0.596. The number of hydrogen-bond donors (Lipinski definition) is 1. The molecule has 0 bridgehead atoms. The summed E-state index contributed by atoms with van der Waals surface area (Å²) in [5, 5.41) is 9.21. The molecule has 6 nitrogen and oxygen atoms in total. The molecule has 1 N–H and O–H groups in total. The number of thiazole rings is 1. The summed E-state index contributed by atoms with van der Waals surface area (Å²) >= 11 is 1.75. The minimum Gasteiger partial charge on any atom is -0.335 e. The molecule has 1 aliphatic heterocycles. The predicted octanol–water partition coefficient (Wildman–Crippen LogP) is 3.13. The van der Waals surface area contributed by atoms with E-state index < -0.39 is 0 Å². The first-order valence-electron chi connectivity index (χ1n) is 9.07. The summed E-state index contributed by atoms with van der Waals surface area (Å²) in [6.07, 6.45) is 0. The van der Waals surface area contributed by atoms with Gasteiger partial charge in [-0.05, 0) is 18.2 Å². The minimum absolute atomic E-state index is 0.00656. The van der Waals surface area contributed by atoms with Gasteiger partial charge in [0, 0.05) is 31.6 Å². The van der Waals surface area contributed by atoms with Crippen molar-refractivity contribution in [3.63, 3.8) is 0 Å². The molecule has 1 fully saturated rings. The Morgan fingerprint density at radius 3 is 2.67 bits per heavy atom. The Bertz CT molecular complexity index is 1080. The Balaban J connectivity index is 1.25. The first-order valence-corrected chi connectivity index (χ1v) is 9.89. The standard InChI is InChI=1S/C20H19N5OS/c26-20(19-14-5-1-2-6-15(14)22-23-19)25-11-9-24(10-12-25)13-18-21-16-7-3-4-8-17(16)27-18/h1-8H,9-13H2,(H,22,23). The third-order valence-electron chi connectivity index (χ3n) is 5.03. The monoisotopic (exact) mass is 377 g/mol. The fourth-order valence-electron chi connectivity index (χ4n) is 3.56. The van der Waals surface area contributed by atoms with Crippen LogP contribution in [0.4, 0.5) is 0 Å². The summed E-state index contributed by atoms with van der Waals surface area (Å²) in [7, 11) is 0. The Kier molecular flexibility index (Phi) is 4.10. The van der Waals surface area contributed by atoms with Gasteiger partial charge >= 0.3 is 0 Å². The van der Waals surface area contributed by atoms with Gasteiger partial charge in [0.25, 0.3) is 5.91 Å². The van der Waals surface area contributed by atoms with Gasteiger partial charge in [0.1, 0.15) is 5.01 Å². The smallest absolute Gasteiger partial charge is 0.275 e. The highest BCUT2D eigenvalue weighted by molar-refractivity contribution is 7.18. The summed E-state index contributed by atoms with van der Waals surface area (Å²) in [4.78, 5) is 21.9. The molecule has 27 heavy (non-hydrogen) atoms. The highest BCUT2D eigenvalue weighted by atomic mass is 32.1. The average molecular weight is 377 g/mol. The van der Waals surface area contributed by atoms with Crippen LogP contribution in [-0.4, -0.2) is 57.1 Å². The molecular weight excluding hydrogens is 358 g/mol. The molecule has 1 saturated heterocycles. The van der Waals surface area contributed by atoms with Crippen LogP contribution < -0.4 is 0 Å². The molecule has 7 heteroatoms. The molecule has 2 aromatic heterocycles. The molecule has 2 aromatic carbocycles. The van der Waals surface area contributed by atoms with E-state index in [1.807, 2.05) is 41.3 Å². The number of rotatable bonds is 3. The minimum atomic E-state index is 0.00656. The SMILES string of the molecule is O=C(c1n[nH]c2ccccc12)N1CCN(Cc2nc3ccccc3s2)CC1. The normalized spacial score (nSPS) is 15.6. The Hall–Kier alpha value is -2.77. The number of carbonyl (C=O) groups is 1. The Morgan fingerprint density at radius 1 is 1.04 bits per heavy atom. The Morgan fingerprint density at radius 2 is 1.81 bits per heavy atom. The molecular formula is C20H19N5OS. The van der Waals surface area contributed by atoms with E-state index in [9.17, 15) is 4.79 Å². The number of para-hydroxylation sites is 2. The number of piperazine rings is 1. The molecule has 0 unspecified atom stereocenters. The maximum absolute atomic E-state index is 12.9. The van der Waals surface area contributed by atoms with Crippen molar-refractivity contribution in [1.82, 2.24) is 25.0 Å². The highest BCUT2D eigenvalue weighted by Gasteiger charge is 2.25. The third kappa shape index (κ3) is 3.09. The van der Waals surface area contributed by atoms with Crippen LogP contribution in [0.1, 0.15) is 15.5 Å². The molecule has 4 aromatic rings. The second-order valence-corrected chi connectivity index (χ2v) is 7.88. The zero-order valence-electron chi connectivity index (χ0n) is 14.8. The van der Waals surface area contributed by atoms with Crippen molar-refractivity contribution in [1.29, 1.82) is 0 Å². The number of hydrogen-bond acceptors (Lipinski definition) is 5. The van der Waals surface area contributed by atoms with Crippen molar-refractivity contribution in [2.45, 2.75) is 6.54 Å². The summed E-state index contributed by atoms with van der Waals surface area (Å²) in [5.74, 6) is 0.00656. The van der Waals surface area contributed by atoms with Crippen LogP contribution >= 0.6 is 11.3 Å². The van der Waals surface area contributed by atoms with Crippen LogP contribution in [0.3, 0.4) is 0 Å². The number of fused-ring (bicyclic) bond motifs is 2. The first kappa shape index (κ1) is 16.4. The molecule has 0 spiro atoms. The maximum atomic E-state index is 12.9. The zero-order valence-corrected chi connectivity index (χ0v) is 15.6. The van der Waals surface area contributed by atoms with Crippen molar-refractivity contribution in [3.05, 3.63) is 59.2 Å². The van der Waals surface area contributed by atoms with E-state index in [2.05, 4.69) is 27.2 Å². The van der Waals surface area contributed by atoms with Gasteiger partial charge in [-0.3, -0.25) is 14.8 Å². The summed E-state index contributed by atoms with van der Waals surface area (Å²) in [6, 6.07) is 16.0. The van der Waals surface area contributed by atoms with Gasteiger partial charge in [0.15, 0.2) is 5.69 Å². The largest absolute Gasteiger partial charge is 0.335 e. The van der Waals surface area contributed by atoms with E-state index >= 15 is 0 Å². The first-order chi connectivity index (χ1) is 13.3. The maximum Gasteiger partial charge on any atom is 0.275 e. The number of benzene rings is 2. The van der Waals surface area contributed by atoms with Crippen molar-refractivity contribution in [3.8, 4) is 0 Å². The van der Waals surface area contributed by atoms with Gasteiger partial charge in [-0.1, -0.05) is 30.3 Å². The van der Waals surface area contributed by atoms with Gasteiger partial charge in [-0.2, -0.15) is 5.10 Å². The number of aromatic amines is 1. The summed E-state index contributed by atoms with van der Waals surface area (Å²) in [5.41, 5.74) is 2.48. The lowest BCUT2D eigenvalue weighted by atomic mass is 10.2. The summed E-state index contributed by atoms with van der Waals surface area (Å²) < 4.78 is 1.23. The van der Waals surface area contributed by atoms with Gasteiger partial charge < -0.3 is 4.90 Å². The number of H-pyrrole nitrogens is 1. The number of nitrogens with zero attached hydrogens (tertiary/aromatic N) is 4. The van der Waals surface area contributed by atoms with E-state index in [0.717, 1.165) is 41.1 Å². The van der Waals surface area contributed by atoms with Crippen LogP contribution in [-0.2, 0) is 6.54 Å². The summed E-state index contributed by atoms with van der Waals surface area (Å²) in [6.45, 7) is 3.97. The Labute approximate surface area is 160 Å². The molecule has 136 valence electrons. The van der Waals surface area contributed by atoms with Crippen LogP contribution in [0.5, 0.6) is 0 Å². The van der Waals surface area contributed by atoms with E-state index in [1.54, 1.807) is 11.3 Å². The molecule has 1 amide bonds. The van der Waals surface area contributed by atoms with E-state index in [-0.39, 0.29) is 5.91 Å². The molecule has 0 saturated carbocycles. The highest BCUT2D eigenvalue weighted by Crippen LogP contribution is 2.23. The lowest BCUT2D eigenvalue weighted by molar-refractivity contribution is 0.0624. The number of nitrogens with one attached hydrogen (secondary N) is 1. The van der Waals surface area contributed by atoms with E-state index in [1.165, 1.54) is 4.70 Å². The fourth-order valence-corrected chi connectivity index (χ4v) is 4.57. The third-order valence-corrected chi connectivity index (χ3v) is 6.05. The zero-order chi connectivity index (χ0) is 18.2. The molecule has 3 heterocycles. The number of aromatic nitrogens is 3. The molecule has 0 aliphatic carbocycles. The van der Waals surface area contributed by atoms with Crippen molar-refractivity contribution >= 4 is 38.4 Å². The average Bonchev–Trinajstić information content (AvgIpc) is 3.31. The van der Waals surface area contributed by atoms with Crippen LogP contribution in [0.2, 0.25) is 0 Å². The molecule has 5 rings (SSSR count). The van der Waals surface area contributed by atoms with Gasteiger partial charge in [-0.15, -0.1) is 11.3 Å². The number of carbonyl (C=O) groups excluding carboxylic acids is 1. The van der Waals surface area contributed by atoms with Gasteiger partial charge in [0.2, 0.25) is 0 Å². The van der Waals surface area contributed by atoms with Crippen molar-refractivity contribution in [2.75, 3.05) is 26.2 Å². The van der Waals surface area contributed by atoms with Crippen molar-refractivity contribution in [2.24, 2.45) is 0 Å². The van der Waals surface area contributed by atoms with E-state index in [0.29, 0.717) is 18.8 Å². The fraction of sp³-hybridized carbons (Fsp3) is 0.250. The van der Waals surface area contributed by atoms with Crippen molar-refractivity contribution < 1.29 is 4.79 Å². The van der Waals surface area contributed by atoms with Crippen LogP contribution in [0.15, 0.2) is 48.5 Å². The van der Waals surface area contributed by atoms with Gasteiger partial charge in [-0.25, -0.2) is 4.98 Å². The van der Waals surface area contributed by atoms with Crippen LogP contribution in [0, 0.1) is 0 Å². The predicted molar refractivity (Wildman–Crippen MR) is 107 cm³/mol.